The Morgan fingerprint density at radius 1 is 1.36 bits per heavy atom. The molecule has 118 valence electrons. The predicted molar refractivity (Wildman–Crippen MR) is 87.9 cm³/mol. The molecule has 2 N–H and O–H groups in total. The third-order valence-corrected chi connectivity index (χ3v) is 4.04. The quantitative estimate of drug-likeness (QED) is 0.639. The van der Waals surface area contributed by atoms with Crippen LogP contribution in [0.5, 0.6) is 0 Å². The van der Waals surface area contributed by atoms with Crippen LogP contribution in [0.4, 0.5) is 4.79 Å². The summed E-state index contributed by atoms with van der Waals surface area (Å²) in [7, 11) is 0. The fourth-order valence-corrected chi connectivity index (χ4v) is 2.54. The van der Waals surface area contributed by atoms with Gasteiger partial charge in [-0.05, 0) is 30.9 Å². The minimum absolute atomic E-state index is 0.331. The molecule has 5 nitrogen and oxygen atoms in total. The fraction of sp³-hybridized carbons (Fsp3) is 0.333. The Labute approximate surface area is 138 Å². The minimum Gasteiger partial charge on any atom is -0.461 e. The molecule has 0 saturated heterocycles. The van der Waals surface area contributed by atoms with Crippen LogP contribution in [0.2, 0.25) is 5.02 Å². The molecular formula is C15H17ClN2O3S. The molecule has 22 heavy (non-hydrogen) atoms. The third-order valence-electron chi connectivity index (χ3n) is 3.21. The summed E-state index contributed by atoms with van der Waals surface area (Å²) in [6, 6.07) is 6.10. The lowest BCUT2D eigenvalue weighted by Crippen LogP contribution is -2.45. The van der Waals surface area contributed by atoms with Gasteiger partial charge >= 0.3 is 12.0 Å². The summed E-state index contributed by atoms with van der Waals surface area (Å²) < 4.78 is 5.27. The van der Waals surface area contributed by atoms with E-state index in [4.69, 9.17) is 16.3 Å². The van der Waals surface area contributed by atoms with Gasteiger partial charge in [-0.3, -0.25) is 0 Å². The van der Waals surface area contributed by atoms with Crippen LogP contribution in [-0.4, -0.2) is 30.6 Å². The third kappa shape index (κ3) is 3.96. The van der Waals surface area contributed by atoms with Gasteiger partial charge in [0.15, 0.2) is 0 Å². The van der Waals surface area contributed by atoms with Gasteiger partial charge in [-0.1, -0.05) is 23.7 Å². The molecule has 0 aromatic heterocycles. The fourth-order valence-electron chi connectivity index (χ4n) is 2.17. The Morgan fingerprint density at radius 3 is 2.68 bits per heavy atom. The highest BCUT2D eigenvalue weighted by Gasteiger charge is 2.32. The number of hydrogen-bond donors (Lipinski definition) is 2. The van der Waals surface area contributed by atoms with Gasteiger partial charge in [0.1, 0.15) is 6.61 Å². The van der Waals surface area contributed by atoms with E-state index in [0.29, 0.717) is 22.9 Å². The van der Waals surface area contributed by atoms with Crippen LogP contribution in [-0.2, 0) is 9.53 Å². The highest BCUT2D eigenvalue weighted by molar-refractivity contribution is 7.98. The number of carbonyl (C=O) groups excluding carboxylic acids is 2. The van der Waals surface area contributed by atoms with Gasteiger partial charge in [0.25, 0.3) is 0 Å². The van der Waals surface area contributed by atoms with Crippen molar-refractivity contribution in [3.63, 3.8) is 0 Å². The average Bonchev–Trinajstić information content (AvgIpc) is 2.47. The summed E-state index contributed by atoms with van der Waals surface area (Å²) in [5.41, 5.74) is 1.68. The summed E-state index contributed by atoms with van der Waals surface area (Å²) in [6.45, 7) is 2.02. The van der Waals surface area contributed by atoms with E-state index in [2.05, 4.69) is 10.6 Å². The van der Waals surface area contributed by atoms with E-state index < -0.39 is 12.0 Å². The zero-order valence-electron chi connectivity index (χ0n) is 12.3. The number of hydrogen-bond acceptors (Lipinski definition) is 4. The first-order chi connectivity index (χ1) is 10.5. The number of allylic oxidation sites excluding steroid dienone is 1. The smallest absolute Gasteiger partial charge is 0.338 e. The van der Waals surface area contributed by atoms with E-state index in [1.54, 1.807) is 43.0 Å². The molecule has 1 heterocycles. The predicted octanol–water partition coefficient (Wildman–Crippen LogP) is 2.87. The molecule has 0 bridgehead atoms. The van der Waals surface area contributed by atoms with E-state index in [-0.39, 0.29) is 6.03 Å². The second-order valence-electron chi connectivity index (χ2n) is 4.75. The number of benzene rings is 1. The zero-order chi connectivity index (χ0) is 16.1. The number of halogens is 1. The molecule has 1 aromatic carbocycles. The Bertz CT molecular complexity index is 601. The SMILES string of the molecule is CSCCOC(=O)C1=C(C)NC(=O)N[C@@H]1c1ccc(Cl)cc1. The maximum Gasteiger partial charge on any atom is 0.338 e. The second kappa shape index (κ2) is 7.56. The lowest BCUT2D eigenvalue weighted by atomic mass is 9.96. The van der Waals surface area contributed by atoms with Crippen molar-refractivity contribution < 1.29 is 14.3 Å². The number of urea groups is 1. The van der Waals surface area contributed by atoms with Crippen molar-refractivity contribution >= 4 is 35.4 Å². The number of carbonyl (C=O) groups is 2. The first-order valence-electron chi connectivity index (χ1n) is 6.72. The Hall–Kier alpha value is -1.66. The molecule has 0 aliphatic carbocycles. The molecule has 2 rings (SSSR count). The van der Waals surface area contributed by atoms with Crippen molar-refractivity contribution in [1.29, 1.82) is 0 Å². The van der Waals surface area contributed by atoms with E-state index >= 15 is 0 Å². The molecule has 7 heteroatoms. The molecule has 1 atom stereocenters. The zero-order valence-corrected chi connectivity index (χ0v) is 13.9. The highest BCUT2D eigenvalue weighted by atomic mass is 35.5. The number of nitrogens with one attached hydrogen (secondary N) is 2. The van der Waals surface area contributed by atoms with Crippen LogP contribution in [0, 0.1) is 0 Å². The van der Waals surface area contributed by atoms with Crippen LogP contribution in [0.1, 0.15) is 18.5 Å². The van der Waals surface area contributed by atoms with E-state index in [0.717, 1.165) is 11.3 Å². The van der Waals surface area contributed by atoms with Crippen molar-refractivity contribution in [2.75, 3.05) is 18.6 Å². The summed E-state index contributed by atoms with van der Waals surface area (Å²) >= 11 is 7.48. The molecule has 1 aliphatic heterocycles. The molecule has 1 aromatic rings. The summed E-state index contributed by atoms with van der Waals surface area (Å²) in [5.74, 6) is 0.294. The van der Waals surface area contributed by atoms with Gasteiger partial charge in [-0.15, -0.1) is 0 Å². The van der Waals surface area contributed by atoms with Crippen molar-refractivity contribution in [2.45, 2.75) is 13.0 Å². The van der Waals surface area contributed by atoms with Crippen molar-refractivity contribution in [1.82, 2.24) is 10.6 Å². The van der Waals surface area contributed by atoms with Crippen LogP contribution in [0.3, 0.4) is 0 Å². The van der Waals surface area contributed by atoms with E-state index in [1.807, 2.05) is 6.26 Å². The van der Waals surface area contributed by atoms with E-state index in [9.17, 15) is 9.59 Å². The highest BCUT2D eigenvalue weighted by Crippen LogP contribution is 2.28. The van der Waals surface area contributed by atoms with Crippen molar-refractivity contribution in [3.05, 3.63) is 46.1 Å². The monoisotopic (exact) mass is 340 g/mol. The van der Waals surface area contributed by atoms with Gasteiger partial charge in [-0.25, -0.2) is 9.59 Å². The van der Waals surface area contributed by atoms with Gasteiger partial charge in [-0.2, -0.15) is 11.8 Å². The average molecular weight is 341 g/mol. The molecule has 0 radical (unpaired) electrons. The van der Waals surface area contributed by atoms with Gasteiger partial charge in [0, 0.05) is 16.5 Å². The molecule has 1 aliphatic rings. The van der Waals surface area contributed by atoms with Crippen LogP contribution in [0.25, 0.3) is 0 Å². The van der Waals surface area contributed by atoms with Crippen LogP contribution in [0.15, 0.2) is 35.5 Å². The summed E-state index contributed by atoms with van der Waals surface area (Å²) in [6.07, 6.45) is 1.94. The molecule has 0 fully saturated rings. The Morgan fingerprint density at radius 2 is 2.05 bits per heavy atom. The van der Waals surface area contributed by atoms with Crippen LogP contribution < -0.4 is 10.6 Å². The standard InChI is InChI=1S/C15H17ClN2O3S/c1-9-12(14(19)21-7-8-22-2)13(18-15(20)17-9)10-3-5-11(16)6-4-10/h3-6,13H,7-8H2,1-2H3,(H2,17,18,20)/t13-/m1/s1. The lowest BCUT2D eigenvalue weighted by molar-refractivity contribution is -0.138. The van der Waals surface area contributed by atoms with Gasteiger partial charge in [0.2, 0.25) is 0 Å². The Kier molecular flexibility index (Phi) is 5.74. The van der Waals surface area contributed by atoms with Crippen molar-refractivity contribution in [3.8, 4) is 0 Å². The number of amides is 2. The second-order valence-corrected chi connectivity index (χ2v) is 6.17. The number of ether oxygens (including phenoxy) is 1. The molecule has 0 saturated carbocycles. The number of esters is 1. The molecule has 2 amide bonds. The maximum absolute atomic E-state index is 12.3. The first-order valence-corrected chi connectivity index (χ1v) is 8.50. The largest absolute Gasteiger partial charge is 0.461 e. The molecule has 0 spiro atoms. The van der Waals surface area contributed by atoms with Crippen LogP contribution >= 0.6 is 23.4 Å². The normalized spacial score (nSPS) is 17.8. The minimum atomic E-state index is -0.548. The first kappa shape index (κ1) is 16.7. The maximum atomic E-state index is 12.3. The van der Waals surface area contributed by atoms with E-state index in [1.165, 1.54) is 0 Å². The summed E-state index contributed by atoms with van der Waals surface area (Å²) in [4.78, 5) is 24.0. The Balaban J connectivity index is 2.28. The molecule has 0 unspecified atom stereocenters. The topological polar surface area (TPSA) is 67.4 Å². The van der Waals surface area contributed by atoms with Gasteiger partial charge < -0.3 is 15.4 Å². The number of rotatable bonds is 5. The van der Waals surface area contributed by atoms with Gasteiger partial charge in [0.05, 0.1) is 11.6 Å². The number of thioether (sulfide) groups is 1. The summed E-state index contributed by atoms with van der Waals surface area (Å²) in [5, 5.41) is 5.95. The van der Waals surface area contributed by atoms with Crippen molar-refractivity contribution in [2.24, 2.45) is 0 Å². The molecular weight excluding hydrogens is 324 g/mol. The lowest BCUT2D eigenvalue weighted by Gasteiger charge is -2.28.